The summed E-state index contributed by atoms with van der Waals surface area (Å²) < 4.78 is 6.37. The quantitative estimate of drug-likeness (QED) is 0.796. The van der Waals surface area contributed by atoms with Crippen LogP contribution in [0.25, 0.3) is 0 Å². The predicted octanol–water partition coefficient (Wildman–Crippen LogP) is 2.16. The van der Waals surface area contributed by atoms with Gasteiger partial charge in [-0.25, -0.2) is 0 Å². The van der Waals surface area contributed by atoms with E-state index in [1.807, 2.05) is 0 Å². The van der Waals surface area contributed by atoms with Crippen molar-refractivity contribution in [3.05, 3.63) is 29.3 Å². The van der Waals surface area contributed by atoms with E-state index in [1.54, 1.807) is 0 Å². The summed E-state index contributed by atoms with van der Waals surface area (Å²) in [5, 5.41) is 6.88. The molecular formula is C15H22N2O. The zero-order valence-electron chi connectivity index (χ0n) is 11.3. The van der Waals surface area contributed by atoms with Gasteiger partial charge in [0, 0.05) is 18.0 Å². The molecule has 98 valence electrons. The van der Waals surface area contributed by atoms with E-state index < -0.39 is 0 Å². The van der Waals surface area contributed by atoms with E-state index in [2.05, 4.69) is 42.8 Å². The number of hydrogen-bond acceptors (Lipinski definition) is 3. The molecule has 0 amide bonds. The number of piperidine rings is 1. The first-order chi connectivity index (χ1) is 8.72. The first kappa shape index (κ1) is 12.0. The number of fused-ring (bicyclic) bond motifs is 1. The van der Waals surface area contributed by atoms with Crippen LogP contribution in [0, 0.1) is 6.92 Å². The Morgan fingerprint density at radius 3 is 2.83 bits per heavy atom. The number of ether oxygens (including phenoxy) is 1. The van der Waals surface area contributed by atoms with Gasteiger partial charge >= 0.3 is 0 Å². The van der Waals surface area contributed by atoms with E-state index >= 15 is 0 Å². The van der Waals surface area contributed by atoms with E-state index in [9.17, 15) is 0 Å². The first-order valence-corrected chi connectivity index (χ1v) is 6.90. The monoisotopic (exact) mass is 246 g/mol. The molecule has 1 unspecified atom stereocenters. The molecule has 3 heteroatoms. The highest BCUT2D eigenvalue weighted by molar-refractivity contribution is 5.41. The lowest BCUT2D eigenvalue weighted by Crippen LogP contribution is -2.50. The smallest absolute Gasteiger partial charge is 0.124 e. The molecule has 1 fully saturated rings. The maximum absolute atomic E-state index is 6.37. The number of aryl methyl sites for hydroxylation is 1. The van der Waals surface area contributed by atoms with Crippen molar-refractivity contribution < 1.29 is 4.74 Å². The van der Waals surface area contributed by atoms with Gasteiger partial charge in [-0.2, -0.15) is 0 Å². The summed E-state index contributed by atoms with van der Waals surface area (Å²) in [6.45, 7) is 4.27. The maximum atomic E-state index is 6.37. The van der Waals surface area contributed by atoms with Crippen LogP contribution in [0.5, 0.6) is 5.75 Å². The minimum absolute atomic E-state index is 0.0428. The van der Waals surface area contributed by atoms with Crippen molar-refractivity contribution >= 4 is 0 Å². The van der Waals surface area contributed by atoms with Crippen molar-refractivity contribution in [1.29, 1.82) is 0 Å². The summed E-state index contributed by atoms with van der Waals surface area (Å²) in [7, 11) is 2.05. The number of hydrogen-bond donors (Lipinski definition) is 2. The van der Waals surface area contributed by atoms with Gasteiger partial charge in [0.2, 0.25) is 0 Å². The molecule has 1 saturated heterocycles. The van der Waals surface area contributed by atoms with Crippen LogP contribution >= 0.6 is 0 Å². The van der Waals surface area contributed by atoms with Gasteiger partial charge in [-0.1, -0.05) is 17.7 Å². The SMILES string of the molecule is CNC1CC2(CCNCC2)Oc2ccc(C)cc21. The van der Waals surface area contributed by atoms with Crippen molar-refractivity contribution in [3.8, 4) is 5.75 Å². The lowest BCUT2D eigenvalue weighted by atomic mass is 9.81. The molecule has 0 bridgehead atoms. The number of benzene rings is 1. The van der Waals surface area contributed by atoms with E-state index in [-0.39, 0.29) is 5.60 Å². The van der Waals surface area contributed by atoms with Gasteiger partial charge in [0.1, 0.15) is 11.4 Å². The van der Waals surface area contributed by atoms with Gasteiger partial charge in [-0.05, 0) is 46.0 Å². The molecule has 3 rings (SSSR count). The van der Waals surface area contributed by atoms with Crippen LogP contribution in [-0.4, -0.2) is 25.7 Å². The second-order valence-electron chi connectivity index (χ2n) is 5.62. The standard InChI is InChI=1S/C15H22N2O/c1-11-3-4-14-12(9-11)13(16-2)10-15(18-14)5-7-17-8-6-15/h3-4,9,13,16-17H,5-8,10H2,1-2H3. The number of rotatable bonds is 1. The molecule has 0 saturated carbocycles. The third-order valence-electron chi connectivity index (χ3n) is 4.31. The lowest BCUT2D eigenvalue weighted by Gasteiger charge is -2.44. The van der Waals surface area contributed by atoms with Gasteiger partial charge in [-0.15, -0.1) is 0 Å². The van der Waals surface area contributed by atoms with Crippen LogP contribution in [-0.2, 0) is 0 Å². The van der Waals surface area contributed by atoms with Crippen LogP contribution in [0.4, 0.5) is 0 Å². The fraction of sp³-hybridized carbons (Fsp3) is 0.600. The highest BCUT2D eigenvalue weighted by Gasteiger charge is 2.41. The lowest BCUT2D eigenvalue weighted by molar-refractivity contribution is 0.00408. The van der Waals surface area contributed by atoms with Gasteiger partial charge < -0.3 is 15.4 Å². The Morgan fingerprint density at radius 2 is 2.11 bits per heavy atom. The second-order valence-corrected chi connectivity index (χ2v) is 5.62. The summed E-state index contributed by atoms with van der Waals surface area (Å²) in [5.74, 6) is 1.08. The fourth-order valence-corrected chi connectivity index (χ4v) is 3.24. The molecule has 1 atom stereocenters. The van der Waals surface area contributed by atoms with Crippen LogP contribution in [0.3, 0.4) is 0 Å². The zero-order valence-corrected chi connectivity index (χ0v) is 11.3. The molecule has 2 N–H and O–H groups in total. The minimum atomic E-state index is 0.0428. The molecule has 1 spiro atoms. The average Bonchev–Trinajstić information content (AvgIpc) is 2.39. The highest BCUT2D eigenvalue weighted by atomic mass is 16.5. The Kier molecular flexibility index (Phi) is 3.04. The van der Waals surface area contributed by atoms with Gasteiger partial charge in [0.25, 0.3) is 0 Å². The van der Waals surface area contributed by atoms with Crippen molar-refractivity contribution in [2.75, 3.05) is 20.1 Å². The van der Waals surface area contributed by atoms with Gasteiger partial charge in [-0.3, -0.25) is 0 Å². The molecule has 18 heavy (non-hydrogen) atoms. The molecule has 2 heterocycles. The molecule has 0 radical (unpaired) electrons. The average molecular weight is 246 g/mol. The Balaban J connectivity index is 1.96. The van der Waals surface area contributed by atoms with E-state index in [0.29, 0.717) is 6.04 Å². The third-order valence-corrected chi connectivity index (χ3v) is 4.31. The third kappa shape index (κ3) is 2.02. The molecular weight excluding hydrogens is 224 g/mol. The maximum Gasteiger partial charge on any atom is 0.124 e. The summed E-state index contributed by atoms with van der Waals surface area (Å²) in [6.07, 6.45) is 3.30. The Labute approximate surface area is 109 Å². The fourth-order valence-electron chi connectivity index (χ4n) is 3.24. The minimum Gasteiger partial charge on any atom is -0.487 e. The van der Waals surface area contributed by atoms with E-state index in [0.717, 1.165) is 38.1 Å². The summed E-state index contributed by atoms with van der Waals surface area (Å²) in [5.41, 5.74) is 2.67. The summed E-state index contributed by atoms with van der Waals surface area (Å²) >= 11 is 0. The van der Waals surface area contributed by atoms with E-state index in [1.165, 1.54) is 11.1 Å². The van der Waals surface area contributed by atoms with E-state index in [4.69, 9.17) is 4.74 Å². The van der Waals surface area contributed by atoms with Crippen molar-refractivity contribution in [1.82, 2.24) is 10.6 Å². The topological polar surface area (TPSA) is 33.3 Å². The predicted molar refractivity (Wildman–Crippen MR) is 73.1 cm³/mol. The zero-order chi connectivity index (χ0) is 12.6. The van der Waals surface area contributed by atoms with Crippen LogP contribution < -0.4 is 15.4 Å². The summed E-state index contributed by atoms with van der Waals surface area (Å²) in [4.78, 5) is 0. The molecule has 0 aliphatic carbocycles. The second kappa shape index (κ2) is 4.56. The normalized spacial score (nSPS) is 25.6. The molecule has 1 aromatic carbocycles. The Morgan fingerprint density at radius 1 is 1.33 bits per heavy atom. The largest absolute Gasteiger partial charge is 0.487 e. The first-order valence-electron chi connectivity index (χ1n) is 6.90. The molecule has 3 nitrogen and oxygen atoms in total. The van der Waals surface area contributed by atoms with Gasteiger partial charge in [0.05, 0.1) is 0 Å². The van der Waals surface area contributed by atoms with Crippen molar-refractivity contribution in [2.45, 2.75) is 37.8 Å². The van der Waals surface area contributed by atoms with Crippen LogP contribution in [0.2, 0.25) is 0 Å². The van der Waals surface area contributed by atoms with Crippen LogP contribution in [0.1, 0.15) is 36.4 Å². The van der Waals surface area contributed by atoms with Crippen molar-refractivity contribution in [2.24, 2.45) is 0 Å². The molecule has 0 aromatic heterocycles. The molecule has 2 aliphatic heterocycles. The number of nitrogens with one attached hydrogen (secondary N) is 2. The Hall–Kier alpha value is -1.06. The molecule has 1 aromatic rings. The van der Waals surface area contributed by atoms with Crippen LogP contribution in [0.15, 0.2) is 18.2 Å². The summed E-state index contributed by atoms with van der Waals surface area (Å²) in [6, 6.07) is 6.96. The highest BCUT2D eigenvalue weighted by Crippen LogP contribution is 2.43. The Bertz CT molecular complexity index is 438. The molecule has 2 aliphatic rings. The van der Waals surface area contributed by atoms with Gasteiger partial charge in [0.15, 0.2) is 0 Å². The van der Waals surface area contributed by atoms with Crippen molar-refractivity contribution in [3.63, 3.8) is 0 Å².